The molecule has 1 aromatic carbocycles. The molecule has 0 aliphatic rings. The lowest BCUT2D eigenvalue weighted by Gasteiger charge is -2.01. The van der Waals surface area contributed by atoms with Crippen molar-refractivity contribution in [2.75, 3.05) is 0 Å². The van der Waals surface area contributed by atoms with Crippen molar-refractivity contribution < 1.29 is 19.8 Å². The molecule has 25 heavy (non-hydrogen) atoms. The summed E-state index contributed by atoms with van der Waals surface area (Å²) in [6, 6.07) is 9.80. The van der Waals surface area contributed by atoms with Crippen LogP contribution in [0, 0.1) is 6.92 Å². The summed E-state index contributed by atoms with van der Waals surface area (Å²) < 4.78 is 1.64. The number of carbonyl (C=O) groups is 2. The van der Waals surface area contributed by atoms with Crippen molar-refractivity contribution in [1.29, 1.82) is 0 Å². The molecule has 2 aromatic heterocycles. The number of rotatable bonds is 5. The smallest absolute Gasteiger partial charge is 0.337 e. The first-order chi connectivity index (χ1) is 12.0. The second-order valence-electron chi connectivity index (χ2n) is 5.41. The van der Waals surface area contributed by atoms with E-state index in [2.05, 4.69) is 15.2 Å². The molecule has 2 heterocycles. The van der Waals surface area contributed by atoms with Crippen LogP contribution < -0.4 is 0 Å². The molecule has 0 saturated carbocycles. The Morgan fingerprint density at radius 3 is 2.60 bits per heavy atom. The monoisotopic (exact) mass is 338 g/mol. The van der Waals surface area contributed by atoms with E-state index in [9.17, 15) is 14.7 Å². The van der Waals surface area contributed by atoms with E-state index in [4.69, 9.17) is 5.11 Å². The van der Waals surface area contributed by atoms with E-state index in [-0.39, 0.29) is 29.2 Å². The second kappa shape index (κ2) is 6.52. The molecule has 0 aliphatic heterocycles. The van der Waals surface area contributed by atoms with Crippen molar-refractivity contribution in [3.8, 4) is 0 Å². The zero-order chi connectivity index (χ0) is 18.0. The normalized spacial score (nSPS) is 11.2. The van der Waals surface area contributed by atoms with E-state index < -0.39 is 11.9 Å². The van der Waals surface area contributed by atoms with Crippen molar-refractivity contribution in [2.45, 2.75) is 13.3 Å². The molecule has 3 rings (SSSR count). The maximum Gasteiger partial charge on any atom is 0.337 e. The van der Waals surface area contributed by atoms with Gasteiger partial charge in [0.05, 0.1) is 17.7 Å². The number of carboxylic acid groups (broad SMARTS) is 2. The molecule has 0 amide bonds. The molecule has 0 aliphatic carbocycles. The van der Waals surface area contributed by atoms with Gasteiger partial charge in [-0.1, -0.05) is 18.2 Å². The van der Waals surface area contributed by atoms with Crippen LogP contribution in [0.1, 0.15) is 21.6 Å². The highest BCUT2D eigenvalue weighted by Gasteiger charge is 2.16. The lowest BCUT2D eigenvalue weighted by atomic mass is 10.2. The van der Waals surface area contributed by atoms with E-state index >= 15 is 0 Å². The van der Waals surface area contributed by atoms with Gasteiger partial charge < -0.3 is 10.2 Å². The highest BCUT2D eigenvalue weighted by molar-refractivity contribution is 5.93. The molecule has 8 nitrogen and oxygen atoms in total. The van der Waals surface area contributed by atoms with Gasteiger partial charge in [0, 0.05) is 6.20 Å². The zero-order valence-corrected chi connectivity index (χ0v) is 13.2. The van der Waals surface area contributed by atoms with E-state index in [0.29, 0.717) is 5.65 Å². The van der Waals surface area contributed by atoms with Crippen LogP contribution in [0.3, 0.4) is 0 Å². The molecule has 3 aromatic rings. The Balaban J connectivity index is 2.12. The summed E-state index contributed by atoms with van der Waals surface area (Å²) in [5, 5.41) is 26.4. The maximum atomic E-state index is 11.3. The number of aliphatic carboxylic acids is 1. The van der Waals surface area contributed by atoms with Crippen LogP contribution in [0.25, 0.3) is 5.65 Å². The highest BCUT2D eigenvalue weighted by Crippen LogP contribution is 2.26. The Kier molecular flexibility index (Phi) is 4.25. The summed E-state index contributed by atoms with van der Waals surface area (Å²) in [5.41, 5.74) is 1.93. The summed E-state index contributed by atoms with van der Waals surface area (Å²) in [6.45, 7) is 1.89. The minimum Gasteiger partial charge on any atom is -0.481 e. The van der Waals surface area contributed by atoms with Gasteiger partial charge in [-0.25, -0.2) is 9.78 Å². The number of nitrogens with zero attached hydrogens (tertiary/aromatic N) is 4. The predicted molar refractivity (Wildman–Crippen MR) is 88.8 cm³/mol. The molecule has 0 unspecified atom stereocenters. The number of hydrogen-bond donors (Lipinski definition) is 2. The Morgan fingerprint density at radius 2 is 1.88 bits per heavy atom. The van der Waals surface area contributed by atoms with Gasteiger partial charge in [-0.05, 0) is 30.7 Å². The van der Waals surface area contributed by atoms with Crippen LogP contribution in [0.5, 0.6) is 0 Å². The van der Waals surface area contributed by atoms with Gasteiger partial charge in [-0.2, -0.15) is 0 Å². The first kappa shape index (κ1) is 16.3. The van der Waals surface area contributed by atoms with E-state index in [1.165, 1.54) is 12.1 Å². The van der Waals surface area contributed by atoms with Crippen LogP contribution in [0.15, 0.2) is 52.8 Å². The lowest BCUT2D eigenvalue weighted by Crippen LogP contribution is -2.00. The van der Waals surface area contributed by atoms with Crippen LogP contribution in [-0.4, -0.2) is 31.5 Å². The van der Waals surface area contributed by atoms with Crippen LogP contribution in [0.4, 0.5) is 11.5 Å². The lowest BCUT2D eigenvalue weighted by molar-refractivity contribution is -0.136. The quantitative estimate of drug-likeness (QED) is 0.692. The number of aromatic nitrogens is 2. The predicted octanol–water partition coefficient (Wildman–Crippen LogP) is 3.38. The SMILES string of the molecule is Cc1ccc2nc(CC(=O)O)c(N=Nc3ccccc3C(=O)O)n2c1. The number of imidazole rings is 1. The molecule has 2 N–H and O–H groups in total. The molecule has 0 bridgehead atoms. The fourth-order valence-corrected chi connectivity index (χ4v) is 2.40. The van der Waals surface area contributed by atoms with Crippen LogP contribution in [0.2, 0.25) is 0 Å². The molecule has 126 valence electrons. The largest absolute Gasteiger partial charge is 0.481 e. The Labute approximate surface area is 142 Å². The number of azo groups is 1. The minimum absolute atomic E-state index is 0.0102. The summed E-state index contributed by atoms with van der Waals surface area (Å²) in [7, 11) is 0. The number of aryl methyl sites for hydroxylation is 1. The van der Waals surface area contributed by atoms with Gasteiger partial charge in [0.1, 0.15) is 11.3 Å². The molecule has 0 fully saturated rings. The average molecular weight is 338 g/mol. The topological polar surface area (TPSA) is 117 Å². The van der Waals surface area contributed by atoms with Crippen molar-refractivity contribution in [3.05, 3.63) is 59.4 Å². The van der Waals surface area contributed by atoms with Gasteiger partial charge in [0.15, 0.2) is 5.82 Å². The summed E-state index contributed by atoms with van der Waals surface area (Å²) in [4.78, 5) is 26.6. The number of benzene rings is 1. The summed E-state index contributed by atoms with van der Waals surface area (Å²) in [5.74, 6) is -1.89. The third-order valence-corrected chi connectivity index (χ3v) is 3.52. The van der Waals surface area contributed by atoms with Crippen LogP contribution in [-0.2, 0) is 11.2 Å². The molecule has 0 atom stereocenters. The number of aromatic carboxylic acids is 1. The molecule has 0 saturated heterocycles. The summed E-state index contributed by atoms with van der Waals surface area (Å²) in [6.07, 6.45) is 1.46. The van der Waals surface area contributed by atoms with Crippen molar-refractivity contribution >= 4 is 29.1 Å². The first-order valence-corrected chi connectivity index (χ1v) is 7.39. The molecular weight excluding hydrogens is 324 g/mol. The minimum atomic E-state index is -1.12. The van der Waals surface area contributed by atoms with Gasteiger partial charge >= 0.3 is 11.9 Å². The van der Waals surface area contributed by atoms with Gasteiger partial charge in [0.25, 0.3) is 0 Å². The fraction of sp³-hybridized carbons (Fsp3) is 0.118. The van der Waals surface area contributed by atoms with E-state index in [1.54, 1.807) is 28.8 Å². The standard InChI is InChI=1S/C17H14N4O4/c1-10-6-7-14-18-13(8-15(22)23)16(21(14)9-10)20-19-12-5-3-2-4-11(12)17(24)25/h2-7,9H,8H2,1H3,(H,22,23)(H,24,25). The highest BCUT2D eigenvalue weighted by atomic mass is 16.4. The molecule has 8 heteroatoms. The van der Waals surface area contributed by atoms with Crippen molar-refractivity contribution in [1.82, 2.24) is 9.38 Å². The molecular formula is C17H14N4O4. The maximum absolute atomic E-state index is 11.3. The Bertz CT molecular complexity index is 1010. The third-order valence-electron chi connectivity index (χ3n) is 3.52. The fourth-order valence-electron chi connectivity index (χ4n) is 2.40. The third kappa shape index (κ3) is 3.37. The first-order valence-electron chi connectivity index (χ1n) is 7.39. The van der Waals surface area contributed by atoms with Crippen molar-refractivity contribution in [3.63, 3.8) is 0 Å². The van der Waals surface area contributed by atoms with E-state index in [0.717, 1.165) is 5.56 Å². The van der Waals surface area contributed by atoms with Crippen molar-refractivity contribution in [2.24, 2.45) is 10.2 Å². The number of pyridine rings is 1. The average Bonchev–Trinajstić information content (AvgIpc) is 2.88. The molecule has 0 radical (unpaired) electrons. The molecule has 0 spiro atoms. The van der Waals surface area contributed by atoms with Crippen LogP contribution >= 0.6 is 0 Å². The Hall–Kier alpha value is -3.55. The number of fused-ring (bicyclic) bond motifs is 1. The number of carboxylic acids is 2. The zero-order valence-electron chi connectivity index (χ0n) is 13.2. The second-order valence-corrected chi connectivity index (χ2v) is 5.41. The number of hydrogen-bond acceptors (Lipinski definition) is 5. The summed E-state index contributed by atoms with van der Waals surface area (Å²) >= 11 is 0. The van der Waals surface area contributed by atoms with Gasteiger partial charge in [0.2, 0.25) is 0 Å². The van der Waals surface area contributed by atoms with Gasteiger partial charge in [-0.3, -0.25) is 9.20 Å². The Morgan fingerprint density at radius 1 is 1.12 bits per heavy atom. The van der Waals surface area contributed by atoms with Gasteiger partial charge in [-0.15, -0.1) is 10.2 Å². The van der Waals surface area contributed by atoms with E-state index in [1.807, 2.05) is 13.0 Å².